The van der Waals surface area contributed by atoms with Crippen molar-refractivity contribution in [2.24, 2.45) is 0 Å². The van der Waals surface area contributed by atoms with Crippen LogP contribution < -0.4 is 10.4 Å². The number of carboxylic acid groups (broad SMARTS) is 1. The van der Waals surface area contributed by atoms with Crippen LogP contribution in [0.25, 0.3) is 0 Å². The monoisotopic (exact) mass is 534 g/mol. The smallest absolute Gasteiger partial charge is 0.219 e. The fourth-order valence-electron chi connectivity index (χ4n) is 4.44. The fraction of sp³-hybridized carbons (Fsp3) is 0.750. The zero-order valence-corrected chi connectivity index (χ0v) is 24.9. The van der Waals surface area contributed by atoms with Gasteiger partial charge in [-0.15, -0.1) is 0 Å². The Kier molecular flexibility index (Phi) is 24.1. The summed E-state index contributed by atoms with van der Waals surface area (Å²) < 4.78 is 0.811. The maximum Gasteiger partial charge on any atom is 0.219 e. The van der Waals surface area contributed by atoms with Crippen molar-refractivity contribution >= 4 is 11.9 Å². The van der Waals surface area contributed by atoms with Crippen LogP contribution >= 0.6 is 0 Å². The summed E-state index contributed by atoms with van der Waals surface area (Å²) in [6, 6.07) is 8.06. The molecular weight excluding hydrogens is 476 g/mol. The minimum atomic E-state index is -1.13. The van der Waals surface area contributed by atoms with Crippen molar-refractivity contribution in [1.82, 2.24) is 5.32 Å². The summed E-state index contributed by atoms with van der Waals surface area (Å²) in [6.07, 6.45) is 22.0. The lowest BCUT2D eigenvalue weighted by Gasteiger charge is -2.28. The number of amides is 1. The highest BCUT2D eigenvalue weighted by Gasteiger charge is 2.13. The first-order chi connectivity index (χ1) is 18.3. The summed E-state index contributed by atoms with van der Waals surface area (Å²) in [5.41, 5.74) is 0.220. The molecule has 6 heteroatoms. The molecule has 0 spiro atoms. The lowest BCUT2D eigenvalue weighted by atomic mass is 10.0. The van der Waals surface area contributed by atoms with Crippen molar-refractivity contribution in [3.63, 3.8) is 0 Å². The quantitative estimate of drug-likeness (QED) is 0.136. The average Bonchev–Trinajstić information content (AvgIpc) is 2.89. The second kappa shape index (κ2) is 25.4. The Morgan fingerprint density at radius 1 is 0.737 bits per heavy atom. The van der Waals surface area contributed by atoms with E-state index in [0.717, 1.165) is 37.0 Å². The van der Waals surface area contributed by atoms with E-state index in [-0.39, 0.29) is 18.1 Å². The molecule has 0 heterocycles. The molecular formula is C32H58N2O4. The van der Waals surface area contributed by atoms with E-state index in [2.05, 4.69) is 26.3 Å². The molecule has 6 nitrogen and oxygen atoms in total. The van der Waals surface area contributed by atoms with E-state index >= 15 is 0 Å². The third-order valence-corrected chi connectivity index (χ3v) is 6.98. The van der Waals surface area contributed by atoms with Crippen LogP contribution in [0, 0.1) is 0 Å². The minimum Gasteiger partial charge on any atom is -0.545 e. The molecule has 38 heavy (non-hydrogen) atoms. The number of unbranched alkanes of at least 4 members (excludes halogenated alkanes) is 14. The lowest BCUT2D eigenvalue weighted by molar-refractivity contribution is -0.890. The number of carbonyl (C=O) groups excluding carboxylic acids is 2. The molecule has 1 rings (SSSR count). The Morgan fingerprint density at radius 3 is 1.63 bits per heavy atom. The predicted octanol–water partition coefficient (Wildman–Crippen LogP) is 5.87. The highest BCUT2D eigenvalue weighted by atomic mass is 16.4. The molecule has 2 N–H and O–H groups in total. The molecule has 0 aliphatic rings. The molecule has 1 amide bonds. The second-order valence-electron chi connectivity index (χ2n) is 11.2. The molecule has 1 aromatic carbocycles. The summed E-state index contributed by atoms with van der Waals surface area (Å²) in [5, 5.41) is 22.1. The summed E-state index contributed by atoms with van der Waals surface area (Å²) >= 11 is 0. The van der Waals surface area contributed by atoms with Crippen LogP contribution in [-0.4, -0.2) is 61.8 Å². The molecule has 0 aliphatic carbocycles. The van der Waals surface area contributed by atoms with Gasteiger partial charge in [0, 0.05) is 19.4 Å². The number of aliphatic hydroxyl groups is 1. The number of nitrogens with zero attached hydrogens (tertiary/aromatic N) is 1. The maximum atomic E-state index is 11.9. The molecule has 0 aliphatic heterocycles. The van der Waals surface area contributed by atoms with Gasteiger partial charge in [0.05, 0.1) is 33.2 Å². The molecule has 0 aromatic heterocycles. The number of carboxylic acids is 1. The van der Waals surface area contributed by atoms with Crippen LogP contribution in [-0.2, 0) is 4.79 Å². The number of carbonyl (C=O) groups is 2. The Morgan fingerprint density at radius 2 is 1.21 bits per heavy atom. The van der Waals surface area contributed by atoms with Gasteiger partial charge in [0.1, 0.15) is 6.54 Å². The van der Waals surface area contributed by atoms with Crippen molar-refractivity contribution in [2.75, 3.05) is 40.3 Å². The van der Waals surface area contributed by atoms with E-state index in [1.807, 2.05) is 0 Å². The third-order valence-electron chi connectivity index (χ3n) is 6.98. The largest absolute Gasteiger partial charge is 0.545 e. The van der Waals surface area contributed by atoms with Gasteiger partial charge in [0.15, 0.2) is 0 Å². The van der Waals surface area contributed by atoms with Crippen LogP contribution in [0.4, 0.5) is 0 Å². The van der Waals surface area contributed by atoms with Crippen molar-refractivity contribution in [3.8, 4) is 0 Å². The SMILES string of the molecule is CCCCCCCCCCCCCCCCCC(=O)NCCC[N+](C)(C)CCO.O=C([O-])c1ccccc1. The van der Waals surface area contributed by atoms with Gasteiger partial charge in [-0.25, -0.2) is 0 Å². The Bertz CT molecular complexity index is 679. The van der Waals surface area contributed by atoms with E-state index in [0.29, 0.717) is 6.42 Å². The lowest BCUT2D eigenvalue weighted by Crippen LogP contribution is -2.43. The molecule has 0 bridgehead atoms. The summed E-state index contributed by atoms with van der Waals surface area (Å²) in [6.45, 7) is 5.01. The summed E-state index contributed by atoms with van der Waals surface area (Å²) in [7, 11) is 4.24. The van der Waals surface area contributed by atoms with E-state index in [1.54, 1.807) is 18.2 Å². The molecule has 1 aromatic rings. The van der Waals surface area contributed by atoms with Gasteiger partial charge in [-0.1, -0.05) is 127 Å². The highest BCUT2D eigenvalue weighted by Crippen LogP contribution is 2.13. The van der Waals surface area contributed by atoms with Crippen molar-refractivity contribution < 1.29 is 24.3 Å². The topological polar surface area (TPSA) is 89.5 Å². The number of rotatable bonds is 23. The van der Waals surface area contributed by atoms with Crippen LogP contribution in [0.2, 0.25) is 0 Å². The minimum absolute atomic E-state index is 0.201. The summed E-state index contributed by atoms with van der Waals surface area (Å²) in [5.74, 6) is -0.928. The van der Waals surface area contributed by atoms with Gasteiger partial charge >= 0.3 is 0 Å². The van der Waals surface area contributed by atoms with E-state index in [1.165, 1.54) is 102 Å². The number of aromatic carboxylic acids is 1. The summed E-state index contributed by atoms with van der Waals surface area (Å²) in [4.78, 5) is 22.0. The number of nitrogens with one attached hydrogen (secondary N) is 1. The van der Waals surface area contributed by atoms with E-state index < -0.39 is 5.97 Å². The van der Waals surface area contributed by atoms with Gasteiger partial charge in [0.25, 0.3) is 0 Å². The first kappa shape index (κ1) is 36.1. The number of quaternary nitrogens is 1. The second-order valence-corrected chi connectivity index (χ2v) is 11.2. The Balaban J connectivity index is 0.00000127. The number of aliphatic hydroxyl groups excluding tert-OH is 1. The predicted molar refractivity (Wildman–Crippen MR) is 157 cm³/mol. The van der Waals surface area contributed by atoms with Crippen LogP contribution in [0.3, 0.4) is 0 Å². The van der Waals surface area contributed by atoms with E-state index in [9.17, 15) is 14.7 Å². The molecule has 0 saturated carbocycles. The highest BCUT2D eigenvalue weighted by molar-refractivity contribution is 5.85. The third kappa shape index (κ3) is 24.4. The normalized spacial score (nSPS) is 11.1. The first-order valence-corrected chi connectivity index (χ1v) is 15.3. The van der Waals surface area contributed by atoms with E-state index in [4.69, 9.17) is 5.11 Å². The molecule has 0 radical (unpaired) electrons. The van der Waals surface area contributed by atoms with Gasteiger partial charge in [-0.2, -0.15) is 0 Å². The van der Waals surface area contributed by atoms with Crippen molar-refractivity contribution in [3.05, 3.63) is 35.9 Å². The fourth-order valence-corrected chi connectivity index (χ4v) is 4.44. The number of benzene rings is 1. The molecule has 0 unspecified atom stereocenters. The Hall–Kier alpha value is -1.92. The van der Waals surface area contributed by atoms with Gasteiger partial charge in [-0.3, -0.25) is 4.79 Å². The molecule has 0 atom stereocenters. The Labute approximate surface area is 233 Å². The van der Waals surface area contributed by atoms with Gasteiger partial charge in [0.2, 0.25) is 5.91 Å². The molecule has 0 saturated heterocycles. The van der Waals surface area contributed by atoms with Crippen molar-refractivity contribution in [2.45, 2.75) is 116 Å². The van der Waals surface area contributed by atoms with Crippen LogP contribution in [0.5, 0.6) is 0 Å². The molecule has 0 fully saturated rings. The zero-order chi connectivity index (χ0) is 28.3. The van der Waals surface area contributed by atoms with Gasteiger partial charge in [-0.05, 0) is 12.0 Å². The zero-order valence-electron chi connectivity index (χ0n) is 24.9. The number of hydrogen-bond donors (Lipinski definition) is 2. The number of likely N-dealkylation sites (N-methyl/N-ethyl adjacent to an activating group) is 1. The van der Waals surface area contributed by atoms with Crippen LogP contribution in [0.15, 0.2) is 30.3 Å². The molecule has 220 valence electrons. The van der Waals surface area contributed by atoms with Crippen LogP contribution in [0.1, 0.15) is 126 Å². The first-order valence-electron chi connectivity index (χ1n) is 15.3. The maximum absolute atomic E-state index is 11.9. The van der Waals surface area contributed by atoms with Gasteiger partial charge < -0.3 is 24.8 Å². The average molecular weight is 535 g/mol. The standard InChI is InChI=1S/C25H52N2O2.C7H6O2/c1-4-5-6-7-8-9-10-11-12-13-14-15-16-17-18-20-25(29)26-21-19-22-27(2,3)23-24-28;8-7(9)6-4-2-1-3-5-6/h28H,4-24H2,1-3H3;1-5H,(H,8,9). The number of hydrogen-bond acceptors (Lipinski definition) is 4. The van der Waals surface area contributed by atoms with Crippen molar-refractivity contribution in [1.29, 1.82) is 0 Å².